The van der Waals surface area contributed by atoms with Crippen LogP contribution in [0.4, 0.5) is 0 Å². The highest BCUT2D eigenvalue weighted by Gasteiger charge is 2.26. The molecule has 1 aromatic heterocycles. The summed E-state index contributed by atoms with van der Waals surface area (Å²) in [6.45, 7) is 2.46. The van der Waals surface area contributed by atoms with Crippen LogP contribution in [0.1, 0.15) is 28.0 Å². The zero-order chi connectivity index (χ0) is 16.8. The third-order valence-corrected chi connectivity index (χ3v) is 4.42. The largest absolute Gasteiger partial charge is 0.369 e. The van der Waals surface area contributed by atoms with E-state index in [4.69, 9.17) is 5.73 Å². The van der Waals surface area contributed by atoms with Crippen molar-refractivity contribution in [1.29, 1.82) is 0 Å². The molecule has 0 aliphatic carbocycles. The van der Waals surface area contributed by atoms with E-state index in [0.717, 1.165) is 27.6 Å². The second-order valence-electron chi connectivity index (χ2n) is 6.11. The Balaban J connectivity index is 1.91. The number of aryl methyl sites for hydroxylation is 1. The molecule has 0 bridgehead atoms. The number of nitrogens with two attached hydrogens (primary N) is 1. The van der Waals surface area contributed by atoms with Gasteiger partial charge in [0.2, 0.25) is 5.96 Å². The van der Waals surface area contributed by atoms with Crippen LogP contribution in [0.2, 0.25) is 0 Å². The molecule has 0 fully saturated rings. The van der Waals surface area contributed by atoms with Gasteiger partial charge in [0.15, 0.2) is 0 Å². The van der Waals surface area contributed by atoms with Crippen molar-refractivity contribution in [2.75, 3.05) is 6.54 Å². The molecule has 2 aliphatic heterocycles. The van der Waals surface area contributed by atoms with Crippen LogP contribution in [0.3, 0.4) is 0 Å². The number of H-pyrrole nitrogens is 1. The lowest BCUT2D eigenvalue weighted by atomic mass is 9.95. The molecule has 0 saturated carbocycles. The Morgan fingerprint density at radius 2 is 2.04 bits per heavy atom. The fourth-order valence-electron chi connectivity index (χ4n) is 3.27. The van der Waals surface area contributed by atoms with Crippen LogP contribution in [0.15, 0.2) is 34.5 Å². The number of carbonyl (C=O) groups excluding carboxylic acids is 2. The lowest BCUT2D eigenvalue weighted by Crippen LogP contribution is -2.31. The Morgan fingerprint density at radius 1 is 1.21 bits per heavy atom. The lowest BCUT2D eigenvalue weighted by molar-refractivity contribution is -0.115. The summed E-state index contributed by atoms with van der Waals surface area (Å²) < 4.78 is 0. The van der Waals surface area contributed by atoms with Gasteiger partial charge in [-0.15, -0.1) is 0 Å². The summed E-state index contributed by atoms with van der Waals surface area (Å²) in [5.74, 6) is -0.294. The van der Waals surface area contributed by atoms with Crippen molar-refractivity contribution >= 4 is 28.7 Å². The number of carbonyl (C=O) groups is 2. The Bertz CT molecular complexity index is 951. The molecule has 2 aromatic rings. The van der Waals surface area contributed by atoms with E-state index in [9.17, 15) is 9.59 Å². The molecule has 2 amide bonds. The predicted octanol–water partition coefficient (Wildman–Crippen LogP) is 0.851. The number of nitrogens with one attached hydrogen (secondary N) is 3. The molecule has 3 heterocycles. The van der Waals surface area contributed by atoms with Gasteiger partial charge in [0.1, 0.15) is 11.4 Å². The topological polar surface area (TPSA) is 112 Å². The van der Waals surface area contributed by atoms with Gasteiger partial charge in [0.05, 0.1) is 0 Å². The molecule has 4 rings (SSSR count). The first-order valence-corrected chi connectivity index (χ1v) is 7.80. The maximum Gasteiger partial charge on any atom is 0.276 e. The highest BCUT2D eigenvalue weighted by atomic mass is 16.2. The third kappa shape index (κ3) is 2.25. The van der Waals surface area contributed by atoms with E-state index < -0.39 is 0 Å². The van der Waals surface area contributed by atoms with Gasteiger partial charge in [0, 0.05) is 17.4 Å². The molecule has 122 valence electrons. The Kier molecular flexibility index (Phi) is 3.16. The van der Waals surface area contributed by atoms with Crippen LogP contribution in [0.25, 0.3) is 10.9 Å². The van der Waals surface area contributed by atoms with Crippen molar-refractivity contribution in [3.8, 4) is 0 Å². The molecule has 7 nitrogen and oxygen atoms in total. The van der Waals surface area contributed by atoms with E-state index in [1.54, 1.807) is 0 Å². The minimum atomic E-state index is -0.285. The SMILES string of the molecule is Cc1ccc2[nH]c3c(c2c1)C/C(=C1\N=C(N)NC1=O)CCNC3=O. The van der Waals surface area contributed by atoms with Gasteiger partial charge in [-0.25, -0.2) is 4.99 Å². The van der Waals surface area contributed by atoms with E-state index in [1.807, 2.05) is 25.1 Å². The standard InChI is InChI=1S/C17H17N5O2/c1-8-2-3-12-10(6-8)11-7-9(13-16(24)22-17(18)21-13)4-5-19-15(23)14(11)20-12/h2-3,6,20H,4-5,7H2,1H3,(H,19,23)(H3,18,21,22,24)/b13-9-. The van der Waals surface area contributed by atoms with Crippen LogP contribution in [-0.2, 0) is 11.2 Å². The molecule has 2 aliphatic rings. The van der Waals surface area contributed by atoms with Gasteiger partial charge in [0.25, 0.3) is 11.8 Å². The summed E-state index contributed by atoms with van der Waals surface area (Å²) in [5, 5.41) is 6.38. The number of hydrogen-bond acceptors (Lipinski definition) is 4. The van der Waals surface area contributed by atoms with Gasteiger partial charge in [-0.2, -0.15) is 0 Å². The number of hydrogen-bond donors (Lipinski definition) is 4. The normalized spacial score (nSPS) is 21.0. The minimum Gasteiger partial charge on any atom is -0.369 e. The van der Waals surface area contributed by atoms with Crippen LogP contribution >= 0.6 is 0 Å². The summed E-state index contributed by atoms with van der Waals surface area (Å²) >= 11 is 0. The van der Waals surface area contributed by atoms with Crippen molar-refractivity contribution in [3.05, 3.63) is 46.3 Å². The van der Waals surface area contributed by atoms with Gasteiger partial charge >= 0.3 is 0 Å². The molecule has 0 unspecified atom stereocenters. The zero-order valence-corrected chi connectivity index (χ0v) is 13.2. The molecule has 7 heteroatoms. The van der Waals surface area contributed by atoms with Crippen molar-refractivity contribution in [1.82, 2.24) is 15.6 Å². The number of benzene rings is 1. The summed E-state index contributed by atoms with van der Waals surface area (Å²) in [4.78, 5) is 31.8. The number of guanidine groups is 1. The highest BCUT2D eigenvalue weighted by Crippen LogP contribution is 2.29. The number of aromatic amines is 1. The van der Waals surface area contributed by atoms with Crippen molar-refractivity contribution in [2.24, 2.45) is 10.7 Å². The summed E-state index contributed by atoms with van der Waals surface area (Å²) in [5.41, 5.74) is 10.3. The number of rotatable bonds is 0. The van der Waals surface area contributed by atoms with Gasteiger partial charge in [-0.1, -0.05) is 11.6 Å². The highest BCUT2D eigenvalue weighted by molar-refractivity contribution is 6.11. The summed E-state index contributed by atoms with van der Waals surface area (Å²) in [6, 6.07) is 6.01. The Hall–Kier alpha value is -3.09. The van der Waals surface area contributed by atoms with Crippen LogP contribution in [0.5, 0.6) is 0 Å². The van der Waals surface area contributed by atoms with Crippen LogP contribution in [-0.4, -0.2) is 29.3 Å². The number of aromatic nitrogens is 1. The first-order chi connectivity index (χ1) is 11.5. The van der Waals surface area contributed by atoms with E-state index in [0.29, 0.717) is 30.8 Å². The molecule has 0 spiro atoms. The predicted molar refractivity (Wildman–Crippen MR) is 90.5 cm³/mol. The van der Waals surface area contributed by atoms with Crippen LogP contribution < -0.4 is 16.4 Å². The first-order valence-electron chi connectivity index (χ1n) is 7.80. The number of amides is 2. The second-order valence-corrected chi connectivity index (χ2v) is 6.11. The average Bonchev–Trinajstić information content (AvgIpc) is 3.04. The van der Waals surface area contributed by atoms with Crippen molar-refractivity contribution in [3.63, 3.8) is 0 Å². The van der Waals surface area contributed by atoms with E-state index >= 15 is 0 Å². The van der Waals surface area contributed by atoms with E-state index in [1.165, 1.54) is 0 Å². The Labute approximate surface area is 138 Å². The minimum absolute atomic E-state index is 0.114. The fourth-order valence-corrected chi connectivity index (χ4v) is 3.27. The molecular formula is C17H17N5O2. The lowest BCUT2D eigenvalue weighted by Gasteiger charge is -2.15. The quantitative estimate of drug-likeness (QED) is 0.539. The molecule has 24 heavy (non-hydrogen) atoms. The number of nitrogens with zero attached hydrogens (tertiary/aromatic N) is 1. The van der Waals surface area contributed by atoms with Gasteiger partial charge < -0.3 is 16.0 Å². The third-order valence-electron chi connectivity index (χ3n) is 4.42. The van der Waals surface area contributed by atoms with Crippen molar-refractivity contribution in [2.45, 2.75) is 19.8 Å². The molecule has 0 saturated heterocycles. The Morgan fingerprint density at radius 3 is 2.79 bits per heavy atom. The first kappa shape index (κ1) is 14.5. The number of aliphatic imine (C=N–C) groups is 1. The zero-order valence-electron chi connectivity index (χ0n) is 13.2. The molecule has 1 aromatic carbocycles. The van der Waals surface area contributed by atoms with Gasteiger partial charge in [-0.05, 0) is 43.0 Å². The van der Waals surface area contributed by atoms with E-state index in [-0.39, 0.29) is 17.8 Å². The van der Waals surface area contributed by atoms with Gasteiger partial charge in [-0.3, -0.25) is 14.9 Å². The molecule has 5 N–H and O–H groups in total. The smallest absolute Gasteiger partial charge is 0.276 e. The van der Waals surface area contributed by atoms with Crippen LogP contribution in [0, 0.1) is 6.92 Å². The monoisotopic (exact) mass is 323 g/mol. The number of fused-ring (bicyclic) bond motifs is 3. The van der Waals surface area contributed by atoms with Crippen molar-refractivity contribution < 1.29 is 9.59 Å². The maximum atomic E-state index is 12.4. The summed E-state index contributed by atoms with van der Waals surface area (Å²) in [7, 11) is 0. The average molecular weight is 323 g/mol. The van der Waals surface area contributed by atoms with E-state index in [2.05, 4.69) is 20.6 Å². The molecular weight excluding hydrogens is 306 g/mol. The summed E-state index contributed by atoms with van der Waals surface area (Å²) in [6.07, 6.45) is 1.05. The fraction of sp³-hybridized carbons (Fsp3) is 0.235. The second kappa shape index (κ2) is 5.23. The molecule has 0 atom stereocenters. The molecule has 0 radical (unpaired) electrons. The maximum absolute atomic E-state index is 12.4.